The second-order valence-corrected chi connectivity index (χ2v) is 18.7. The zero-order chi connectivity index (χ0) is 46.6. The summed E-state index contributed by atoms with van der Waals surface area (Å²) >= 11 is 0. The van der Waals surface area contributed by atoms with E-state index in [4.69, 9.17) is 28.4 Å². The Balaban J connectivity index is 1.76. The van der Waals surface area contributed by atoms with Crippen LogP contribution in [-0.2, 0) is 33.2 Å². The molecule has 11 atom stereocenters. The Morgan fingerprint density at radius 1 is 0.453 bits per heavy atom. The molecule has 14 heteroatoms. The van der Waals surface area contributed by atoms with E-state index in [9.17, 15) is 40.5 Å². The molecule has 0 radical (unpaired) electrons. The van der Waals surface area contributed by atoms with E-state index in [0.717, 1.165) is 44.9 Å². The predicted octanol–water partition coefficient (Wildman–Crippen LogP) is 7.69. The minimum absolute atomic E-state index is 0.0703. The minimum Gasteiger partial charge on any atom is -0.457 e. The van der Waals surface area contributed by atoms with Crippen LogP contribution in [-0.4, -0.2) is 142 Å². The number of carbonyl (C=O) groups is 1. The molecule has 7 N–H and O–H groups in total. The Labute approximate surface area is 387 Å². The summed E-state index contributed by atoms with van der Waals surface area (Å²) in [4.78, 5) is 13.0. The molecule has 0 aromatic heterocycles. The molecule has 0 amide bonds. The third kappa shape index (κ3) is 26.5. The van der Waals surface area contributed by atoms with Crippen LogP contribution < -0.4 is 0 Å². The smallest absolute Gasteiger partial charge is 0.306 e. The van der Waals surface area contributed by atoms with Gasteiger partial charge in [0.05, 0.1) is 26.4 Å². The second-order valence-electron chi connectivity index (χ2n) is 18.7. The molecule has 0 aliphatic carbocycles. The van der Waals surface area contributed by atoms with E-state index < -0.39 is 80.7 Å². The van der Waals surface area contributed by atoms with Crippen LogP contribution in [0.1, 0.15) is 213 Å². The first kappa shape index (κ1) is 59.1. The van der Waals surface area contributed by atoms with E-state index in [1.54, 1.807) is 0 Å². The zero-order valence-corrected chi connectivity index (χ0v) is 40.3. The molecule has 2 saturated heterocycles. The van der Waals surface area contributed by atoms with Crippen molar-refractivity contribution in [1.82, 2.24) is 0 Å². The van der Waals surface area contributed by atoms with Gasteiger partial charge >= 0.3 is 5.97 Å². The van der Waals surface area contributed by atoms with Crippen LogP contribution in [0.15, 0.2) is 0 Å². The Hall–Kier alpha value is -1.01. The molecule has 14 nitrogen and oxygen atoms in total. The quantitative estimate of drug-likeness (QED) is 0.0231. The van der Waals surface area contributed by atoms with E-state index in [-0.39, 0.29) is 25.6 Å². The third-order valence-electron chi connectivity index (χ3n) is 12.9. The molecule has 0 aromatic carbocycles. The Bertz CT molecular complexity index is 1070. The molecule has 380 valence electrons. The van der Waals surface area contributed by atoms with E-state index in [0.29, 0.717) is 6.61 Å². The summed E-state index contributed by atoms with van der Waals surface area (Å²) in [6.45, 7) is 3.73. The molecule has 2 fully saturated rings. The van der Waals surface area contributed by atoms with E-state index >= 15 is 0 Å². The highest BCUT2D eigenvalue weighted by molar-refractivity contribution is 5.69. The molecule has 2 rings (SSSR count). The molecule has 2 aliphatic heterocycles. The van der Waals surface area contributed by atoms with Crippen molar-refractivity contribution >= 4 is 5.97 Å². The third-order valence-corrected chi connectivity index (χ3v) is 12.9. The van der Waals surface area contributed by atoms with Gasteiger partial charge in [0.2, 0.25) is 0 Å². The molecule has 2 heterocycles. The van der Waals surface area contributed by atoms with Gasteiger partial charge in [0.25, 0.3) is 0 Å². The highest BCUT2D eigenvalue weighted by atomic mass is 16.7. The van der Waals surface area contributed by atoms with Crippen LogP contribution in [0, 0.1) is 0 Å². The van der Waals surface area contributed by atoms with Gasteiger partial charge in [0, 0.05) is 13.0 Å². The lowest BCUT2D eigenvalue weighted by Crippen LogP contribution is -2.61. The van der Waals surface area contributed by atoms with Crippen molar-refractivity contribution in [3.05, 3.63) is 0 Å². The fourth-order valence-corrected chi connectivity index (χ4v) is 8.58. The molecule has 64 heavy (non-hydrogen) atoms. The first-order valence-electron chi connectivity index (χ1n) is 26.1. The van der Waals surface area contributed by atoms with Crippen LogP contribution in [0.2, 0.25) is 0 Å². The number of aliphatic hydroxyl groups excluding tert-OH is 7. The number of hydrogen-bond donors (Lipinski definition) is 7. The highest BCUT2D eigenvalue weighted by Gasteiger charge is 2.47. The fourth-order valence-electron chi connectivity index (χ4n) is 8.58. The SMILES string of the molecule is CCCCCCCCCCCCCCCCCOCC(COC1OC(COC2OC(CO)C(O)C(O)C2O)C(O)C(O)C1O)OC(=O)CCCCCCCCCCCCCCCCC. The molecular formula is C50H96O14. The zero-order valence-electron chi connectivity index (χ0n) is 40.3. The molecular weight excluding hydrogens is 825 g/mol. The normalized spacial score (nSPS) is 26.6. The summed E-state index contributed by atoms with van der Waals surface area (Å²) in [5, 5.41) is 72.1. The number of esters is 1. The highest BCUT2D eigenvalue weighted by Crippen LogP contribution is 2.26. The largest absolute Gasteiger partial charge is 0.457 e. The van der Waals surface area contributed by atoms with Crippen molar-refractivity contribution in [2.45, 2.75) is 280 Å². The van der Waals surface area contributed by atoms with Crippen LogP contribution in [0.25, 0.3) is 0 Å². The average Bonchev–Trinajstić information content (AvgIpc) is 3.29. The molecule has 2 aliphatic rings. The van der Waals surface area contributed by atoms with Gasteiger partial charge in [0.1, 0.15) is 54.9 Å². The number of rotatable bonds is 42. The molecule has 0 spiro atoms. The van der Waals surface area contributed by atoms with Crippen LogP contribution in [0.4, 0.5) is 0 Å². The summed E-state index contributed by atoms with van der Waals surface area (Å²) in [6.07, 6.45) is 21.6. The van der Waals surface area contributed by atoms with Crippen molar-refractivity contribution in [3.63, 3.8) is 0 Å². The fraction of sp³-hybridized carbons (Fsp3) is 0.980. The maximum absolute atomic E-state index is 13.0. The maximum atomic E-state index is 13.0. The van der Waals surface area contributed by atoms with Gasteiger partial charge in [-0.25, -0.2) is 0 Å². The van der Waals surface area contributed by atoms with Crippen molar-refractivity contribution in [2.24, 2.45) is 0 Å². The van der Waals surface area contributed by atoms with Crippen molar-refractivity contribution in [1.29, 1.82) is 0 Å². The summed E-state index contributed by atoms with van der Waals surface area (Å²) in [5.41, 5.74) is 0. The molecule has 0 saturated carbocycles. The number of hydrogen-bond acceptors (Lipinski definition) is 14. The molecule has 0 bridgehead atoms. The summed E-state index contributed by atoms with van der Waals surface area (Å²) in [7, 11) is 0. The van der Waals surface area contributed by atoms with Gasteiger partial charge < -0.3 is 64.2 Å². The maximum Gasteiger partial charge on any atom is 0.306 e. The summed E-state index contributed by atoms with van der Waals surface area (Å²) in [5.74, 6) is -0.370. The number of ether oxygens (including phenoxy) is 6. The standard InChI is InChI=1S/C50H96O14/c1-3-5-7-9-11-13-15-17-19-21-23-25-27-29-31-33-42(52)62-39(36-59-34-32-30-28-26-24-22-20-18-16-14-12-10-8-6-4-2)37-60-49-48(58)46(56)44(54)41(64-49)38-61-50-47(57)45(55)43(53)40(35-51)63-50/h39-41,43-51,53-58H,3-38H2,1-2H3. The first-order valence-corrected chi connectivity index (χ1v) is 26.1. The van der Waals surface area contributed by atoms with Crippen LogP contribution in [0.3, 0.4) is 0 Å². The number of carbonyl (C=O) groups excluding carboxylic acids is 1. The van der Waals surface area contributed by atoms with Gasteiger partial charge in [0.15, 0.2) is 12.6 Å². The van der Waals surface area contributed by atoms with Gasteiger partial charge in [-0.1, -0.05) is 194 Å². The van der Waals surface area contributed by atoms with Crippen LogP contribution >= 0.6 is 0 Å². The minimum atomic E-state index is -1.70. The van der Waals surface area contributed by atoms with Gasteiger partial charge in [-0.2, -0.15) is 0 Å². The lowest BCUT2D eigenvalue weighted by Gasteiger charge is -2.42. The van der Waals surface area contributed by atoms with E-state index in [1.165, 1.54) is 148 Å². The lowest BCUT2D eigenvalue weighted by atomic mass is 9.98. The second kappa shape index (κ2) is 38.9. The van der Waals surface area contributed by atoms with Gasteiger partial charge in [-0.3, -0.25) is 4.79 Å². The van der Waals surface area contributed by atoms with Crippen LogP contribution in [0.5, 0.6) is 0 Å². The lowest BCUT2D eigenvalue weighted by molar-refractivity contribution is -0.332. The average molecular weight is 921 g/mol. The van der Waals surface area contributed by atoms with Crippen molar-refractivity contribution in [3.8, 4) is 0 Å². The van der Waals surface area contributed by atoms with Crippen molar-refractivity contribution < 1.29 is 69.0 Å². The Morgan fingerprint density at radius 2 is 0.828 bits per heavy atom. The number of aliphatic hydroxyl groups is 7. The van der Waals surface area contributed by atoms with Gasteiger partial charge in [-0.05, 0) is 12.8 Å². The number of unbranched alkanes of at least 4 members (excludes halogenated alkanes) is 28. The molecule has 11 unspecified atom stereocenters. The Morgan fingerprint density at radius 3 is 1.27 bits per heavy atom. The van der Waals surface area contributed by atoms with E-state index in [1.807, 2.05) is 0 Å². The monoisotopic (exact) mass is 921 g/mol. The molecule has 0 aromatic rings. The summed E-state index contributed by atoms with van der Waals surface area (Å²) in [6, 6.07) is 0. The van der Waals surface area contributed by atoms with Gasteiger partial charge in [-0.15, -0.1) is 0 Å². The summed E-state index contributed by atoms with van der Waals surface area (Å²) < 4.78 is 34.3. The van der Waals surface area contributed by atoms with Crippen molar-refractivity contribution in [2.75, 3.05) is 33.0 Å². The topological polar surface area (TPSA) is 214 Å². The van der Waals surface area contributed by atoms with E-state index in [2.05, 4.69) is 13.8 Å². The predicted molar refractivity (Wildman–Crippen MR) is 248 cm³/mol. The Kier molecular flexibility index (Phi) is 35.9. The first-order chi connectivity index (χ1) is 31.1.